The summed E-state index contributed by atoms with van der Waals surface area (Å²) in [6.45, 7) is 1.92. The van der Waals surface area contributed by atoms with Crippen LogP contribution in [0.2, 0.25) is 0 Å². The number of aromatic carboxylic acids is 1. The monoisotopic (exact) mass is 298 g/mol. The Morgan fingerprint density at radius 3 is 2.29 bits per heavy atom. The first kappa shape index (κ1) is 18.6. The average Bonchev–Trinajstić information content (AvgIpc) is 2.47. The number of aliphatic carboxylic acids is 1. The Bertz CT molecular complexity index is 489. The number of benzene rings is 1. The van der Waals surface area contributed by atoms with Crippen LogP contribution in [-0.2, 0) is 16.1 Å². The largest absolute Gasteiger partial charge is 0.481 e. The Balaban J connectivity index is 0.000000690. The van der Waals surface area contributed by atoms with Crippen molar-refractivity contribution in [2.45, 2.75) is 19.9 Å². The van der Waals surface area contributed by atoms with Crippen molar-refractivity contribution in [3.05, 3.63) is 35.4 Å². The van der Waals surface area contributed by atoms with Gasteiger partial charge in [-0.05, 0) is 17.7 Å². The Morgan fingerprint density at radius 2 is 1.81 bits per heavy atom. The summed E-state index contributed by atoms with van der Waals surface area (Å²) in [6, 6.07) is 6.39. The van der Waals surface area contributed by atoms with Gasteiger partial charge in [0.2, 0.25) is 0 Å². The molecule has 0 saturated heterocycles. The fourth-order valence-electron chi connectivity index (χ4n) is 1.17. The van der Waals surface area contributed by atoms with Crippen molar-refractivity contribution < 1.29 is 29.8 Å². The minimum atomic E-state index is -0.991. The van der Waals surface area contributed by atoms with Crippen LogP contribution in [-0.4, -0.2) is 39.8 Å². The number of carboxylic acid groups (broad SMARTS) is 2. The quantitative estimate of drug-likeness (QED) is 0.380. The number of carboxylic acids is 2. The highest BCUT2D eigenvalue weighted by Gasteiger charge is 2.03. The lowest BCUT2D eigenvalue weighted by Crippen LogP contribution is -2.31. The summed E-state index contributed by atoms with van der Waals surface area (Å²) in [7, 11) is 0. The summed E-state index contributed by atoms with van der Waals surface area (Å²) < 4.78 is 0. The third-order valence-electron chi connectivity index (χ3n) is 2.22. The van der Waals surface area contributed by atoms with Gasteiger partial charge in [0.15, 0.2) is 0 Å². The number of rotatable bonds is 6. The number of nitrogens with one attached hydrogen (secondary N) is 2. The number of hydroxylamine groups is 1. The van der Waals surface area contributed by atoms with E-state index in [1.165, 1.54) is 17.6 Å². The molecule has 1 aromatic carbocycles. The smallest absolute Gasteiger partial charge is 0.335 e. The molecule has 0 spiro atoms. The molecule has 0 heterocycles. The molecule has 8 nitrogen and oxygen atoms in total. The molecule has 116 valence electrons. The lowest BCUT2D eigenvalue weighted by Gasteiger charge is -2.04. The first-order chi connectivity index (χ1) is 9.90. The molecule has 0 bridgehead atoms. The predicted molar refractivity (Wildman–Crippen MR) is 73.0 cm³/mol. The summed E-state index contributed by atoms with van der Waals surface area (Å²) in [5, 5.41) is 27.5. The summed E-state index contributed by atoms with van der Waals surface area (Å²) in [5.74, 6) is -2.28. The van der Waals surface area contributed by atoms with Gasteiger partial charge in [0.1, 0.15) is 0 Å². The molecule has 0 aliphatic carbocycles. The van der Waals surface area contributed by atoms with Crippen molar-refractivity contribution in [3.8, 4) is 0 Å². The van der Waals surface area contributed by atoms with E-state index in [9.17, 15) is 14.4 Å². The molecule has 0 radical (unpaired) electrons. The topological polar surface area (TPSA) is 136 Å². The highest BCUT2D eigenvalue weighted by molar-refractivity contribution is 5.87. The summed E-state index contributed by atoms with van der Waals surface area (Å²) in [4.78, 5) is 30.7. The zero-order valence-electron chi connectivity index (χ0n) is 11.5. The van der Waals surface area contributed by atoms with Crippen LogP contribution in [0, 0.1) is 0 Å². The van der Waals surface area contributed by atoms with E-state index in [1.54, 1.807) is 19.1 Å². The molecule has 1 amide bonds. The normalized spacial score (nSPS) is 9.24. The Kier molecular flexibility index (Phi) is 9.14. The second kappa shape index (κ2) is 10.4. The van der Waals surface area contributed by atoms with Gasteiger partial charge in [-0.15, -0.1) is 0 Å². The van der Waals surface area contributed by atoms with E-state index in [0.717, 1.165) is 5.56 Å². The van der Waals surface area contributed by atoms with Crippen LogP contribution in [0.15, 0.2) is 24.3 Å². The predicted octanol–water partition coefficient (Wildman–Crippen LogP) is 0.461. The third-order valence-corrected chi connectivity index (χ3v) is 2.22. The fraction of sp³-hybridized carbons (Fsp3) is 0.308. The molecule has 0 aliphatic rings. The van der Waals surface area contributed by atoms with Gasteiger partial charge in [0.05, 0.1) is 12.1 Å². The van der Waals surface area contributed by atoms with Crippen LogP contribution in [0.25, 0.3) is 0 Å². The second-order valence-corrected chi connectivity index (χ2v) is 3.89. The van der Waals surface area contributed by atoms with Crippen LogP contribution in [0.5, 0.6) is 0 Å². The Morgan fingerprint density at radius 1 is 1.19 bits per heavy atom. The maximum absolute atomic E-state index is 10.7. The Labute approximate surface area is 121 Å². The van der Waals surface area contributed by atoms with E-state index < -0.39 is 17.8 Å². The van der Waals surface area contributed by atoms with Crippen LogP contribution in [0.3, 0.4) is 0 Å². The van der Waals surface area contributed by atoms with Crippen LogP contribution in [0.4, 0.5) is 0 Å². The Hall–Kier alpha value is -2.45. The van der Waals surface area contributed by atoms with Gasteiger partial charge < -0.3 is 15.5 Å². The van der Waals surface area contributed by atoms with Crippen LogP contribution in [0.1, 0.15) is 29.3 Å². The van der Waals surface area contributed by atoms with Gasteiger partial charge >= 0.3 is 11.9 Å². The number of amides is 1. The van der Waals surface area contributed by atoms with Gasteiger partial charge in [-0.25, -0.2) is 10.3 Å². The molecule has 5 N–H and O–H groups in total. The molecule has 0 saturated carbocycles. The lowest BCUT2D eigenvalue weighted by molar-refractivity contribution is -0.136. The molecule has 0 atom stereocenters. The van der Waals surface area contributed by atoms with Gasteiger partial charge in [0.25, 0.3) is 5.91 Å². The van der Waals surface area contributed by atoms with Gasteiger partial charge in [-0.1, -0.05) is 19.1 Å². The van der Waals surface area contributed by atoms with Crippen molar-refractivity contribution in [2.24, 2.45) is 0 Å². The number of carbonyl (C=O) groups excluding carboxylic acids is 1. The van der Waals surface area contributed by atoms with E-state index in [-0.39, 0.29) is 18.5 Å². The van der Waals surface area contributed by atoms with E-state index in [4.69, 9.17) is 15.4 Å². The molecular formula is C13H18N2O6. The molecule has 1 aromatic rings. The zero-order chi connectivity index (χ0) is 16.3. The van der Waals surface area contributed by atoms with Crippen molar-refractivity contribution >= 4 is 17.8 Å². The van der Waals surface area contributed by atoms with Crippen molar-refractivity contribution in [2.75, 3.05) is 6.54 Å². The van der Waals surface area contributed by atoms with Crippen molar-refractivity contribution in [1.29, 1.82) is 0 Å². The number of hydrogen-bond donors (Lipinski definition) is 5. The van der Waals surface area contributed by atoms with Gasteiger partial charge in [-0.2, -0.15) is 0 Å². The minimum Gasteiger partial charge on any atom is -0.481 e. The lowest BCUT2D eigenvalue weighted by atomic mass is 10.1. The summed E-state index contributed by atoms with van der Waals surface area (Å²) in [5.41, 5.74) is 2.44. The summed E-state index contributed by atoms with van der Waals surface area (Å²) >= 11 is 0. The molecule has 0 aliphatic heterocycles. The number of carbonyl (C=O) groups is 3. The fourth-order valence-corrected chi connectivity index (χ4v) is 1.17. The molecule has 8 heteroatoms. The molecule has 1 rings (SSSR count). The number of hydrogen-bond acceptors (Lipinski definition) is 5. The average molecular weight is 298 g/mol. The highest BCUT2D eigenvalue weighted by Crippen LogP contribution is 2.04. The first-order valence-corrected chi connectivity index (χ1v) is 6.08. The van der Waals surface area contributed by atoms with Gasteiger partial charge in [0, 0.05) is 13.0 Å². The molecule has 0 unspecified atom stereocenters. The van der Waals surface area contributed by atoms with E-state index in [0.29, 0.717) is 6.54 Å². The van der Waals surface area contributed by atoms with Crippen LogP contribution >= 0.6 is 0 Å². The zero-order valence-corrected chi connectivity index (χ0v) is 11.5. The maximum atomic E-state index is 10.7. The van der Waals surface area contributed by atoms with Crippen molar-refractivity contribution in [3.63, 3.8) is 0 Å². The minimum absolute atomic E-state index is 0.0339. The van der Waals surface area contributed by atoms with E-state index in [2.05, 4.69) is 5.32 Å². The molecule has 0 fully saturated rings. The molecule has 21 heavy (non-hydrogen) atoms. The van der Waals surface area contributed by atoms with Crippen molar-refractivity contribution in [1.82, 2.24) is 10.8 Å². The summed E-state index contributed by atoms with van der Waals surface area (Å²) in [6.07, 6.45) is 0.222. The molecule has 0 aromatic heterocycles. The van der Waals surface area contributed by atoms with Crippen LogP contribution < -0.4 is 10.8 Å². The standard InChI is InChI=1S/C10H12N2O4.C3H6O2/c13-9(12-16)6-11-5-7-2-1-3-8(4-7)10(14)15;1-2-3(4)5/h1-4,11,16H,5-6H2,(H,12,13)(H,14,15);2H2,1H3,(H,4,5). The third kappa shape index (κ3) is 9.14. The first-order valence-electron chi connectivity index (χ1n) is 6.08. The molecular weight excluding hydrogens is 280 g/mol. The van der Waals surface area contributed by atoms with E-state index in [1.807, 2.05) is 0 Å². The maximum Gasteiger partial charge on any atom is 0.335 e. The second-order valence-electron chi connectivity index (χ2n) is 3.89. The SMILES string of the molecule is CCC(=O)O.O=C(CNCc1cccc(C(=O)O)c1)NO. The van der Waals surface area contributed by atoms with Gasteiger partial charge in [-0.3, -0.25) is 14.8 Å². The highest BCUT2D eigenvalue weighted by atomic mass is 16.5. The van der Waals surface area contributed by atoms with E-state index >= 15 is 0 Å².